The SMILES string of the molecule is CC(C)OCC(O)COCC(O)COC(C)C. The Balaban J connectivity index is 3.42. The maximum atomic E-state index is 9.47. The molecule has 0 aliphatic rings. The highest BCUT2D eigenvalue weighted by Gasteiger charge is 2.09. The van der Waals surface area contributed by atoms with Crippen molar-refractivity contribution in [3.63, 3.8) is 0 Å². The Morgan fingerprint density at radius 1 is 0.706 bits per heavy atom. The van der Waals surface area contributed by atoms with Crippen molar-refractivity contribution in [2.24, 2.45) is 0 Å². The largest absolute Gasteiger partial charge is 0.388 e. The van der Waals surface area contributed by atoms with Crippen LogP contribution in [0.4, 0.5) is 0 Å². The van der Waals surface area contributed by atoms with Gasteiger partial charge in [-0.2, -0.15) is 0 Å². The molecular formula is C12H26O5. The minimum Gasteiger partial charge on any atom is -0.388 e. The molecular weight excluding hydrogens is 224 g/mol. The lowest BCUT2D eigenvalue weighted by molar-refractivity contribution is -0.0688. The zero-order valence-corrected chi connectivity index (χ0v) is 11.3. The fourth-order valence-electron chi connectivity index (χ4n) is 1.04. The maximum Gasteiger partial charge on any atom is 0.101 e. The normalized spacial score (nSPS) is 15.5. The fraction of sp³-hybridized carbons (Fsp3) is 1.00. The first-order valence-corrected chi connectivity index (χ1v) is 6.08. The third-order valence-electron chi connectivity index (χ3n) is 1.86. The first kappa shape index (κ1) is 16.8. The van der Waals surface area contributed by atoms with E-state index in [1.54, 1.807) is 0 Å². The maximum absolute atomic E-state index is 9.47. The number of rotatable bonds is 10. The Morgan fingerprint density at radius 2 is 1.06 bits per heavy atom. The highest BCUT2D eigenvalue weighted by molar-refractivity contribution is 4.56. The Morgan fingerprint density at radius 3 is 1.35 bits per heavy atom. The van der Waals surface area contributed by atoms with Crippen LogP contribution in [-0.2, 0) is 14.2 Å². The molecule has 0 aliphatic heterocycles. The van der Waals surface area contributed by atoms with Crippen LogP contribution >= 0.6 is 0 Å². The van der Waals surface area contributed by atoms with Crippen LogP contribution in [-0.4, -0.2) is 61.1 Å². The lowest BCUT2D eigenvalue weighted by Crippen LogP contribution is -2.28. The molecule has 2 unspecified atom stereocenters. The van der Waals surface area contributed by atoms with Gasteiger partial charge < -0.3 is 24.4 Å². The van der Waals surface area contributed by atoms with Gasteiger partial charge in [-0.1, -0.05) is 0 Å². The molecule has 0 aromatic heterocycles. The van der Waals surface area contributed by atoms with Gasteiger partial charge in [-0.3, -0.25) is 0 Å². The zero-order chi connectivity index (χ0) is 13.3. The summed E-state index contributed by atoms with van der Waals surface area (Å²) in [5.74, 6) is 0. The predicted molar refractivity (Wildman–Crippen MR) is 65.0 cm³/mol. The summed E-state index contributed by atoms with van der Waals surface area (Å²) in [5, 5.41) is 18.9. The van der Waals surface area contributed by atoms with Gasteiger partial charge >= 0.3 is 0 Å². The van der Waals surface area contributed by atoms with Gasteiger partial charge in [-0.15, -0.1) is 0 Å². The second kappa shape index (κ2) is 9.79. The lowest BCUT2D eigenvalue weighted by atomic mass is 10.3. The molecule has 104 valence electrons. The second-order valence-corrected chi connectivity index (χ2v) is 4.61. The van der Waals surface area contributed by atoms with Gasteiger partial charge in [-0.05, 0) is 27.7 Å². The summed E-state index contributed by atoms with van der Waals surface area (Å²) in [7, 11) is 0. The van der Waals surface area contributed by atoms with Crippen molar-refractivity contribution in [3.8, 4) is 0 Å². The van der Waals surface area contributed by atoms with E-state index in [1.807, 2.05) is 27.7 Å². The van der Waals surface area contributed by atoms with E-state index in [0.717, 1.165) is 0 Å². The summed E-state index contributed by atoms with van der Waals surface area (Å²) in [6, 6.07) is 0. The average molecular weight is 250 g/mol. The van der Waals surface area contributed by atoms with Crippen molar-refractivity contribution >= 4 is 0 Å². The summed E-state index contributed by atoms with van der Waals surface area (Å²) in [4.78, 5) is 0. The summed E-state index contributed by atoms with van der Waals surface area (Å²) in [5.41, 5.74) is 0. The molecule has 17 heavy (non-hydrogen) atoms. The van der Waals surface area contributed by atoms with Crippen LogP contribution in [0, 0.1) is 0 Å². The third kappa shape index (κ3) is 12.1. The average Bonchev–Trinajstić information content (AvgIpc) is 2.23. The van der Waals surface area contributed by atoms with Crippen molar-refractivity contribution in [2.75, 3.05) is 26.4 Å². The van der Waals surface area contributed by atoms with Gasteiger partial charge in [0, 0.05) is 0 Å². The van der Waals surface area contributed by atoms with Crippen molar-refractivity contribution in [1.29, 1.82) is 0 Å². The Hall–Kier alpha value is -0.200. The number of ether oxygens (including phenoxy) is 3. The van der Waals surface area contributed by atoms with E-state index in [2.05, 4.69) is 0 Å². The Labute approximate surface area is 104 Å². The highest BCUT2D eigenvalue weighted by atomic mass is 16.5. The molecule has 0 saturated carbocycles. The van der Waals surface area contributed by atoms with E-state index in [-0.39, 0.29) is 38.6 Å². The van der Waals surface area contributed by atoms with Crippen molar-refractivity contribution in [2.45, 2.75) is 52.1 Å². The smallest absolute Gasteiger partial charge is 0.101 e. The molecule has 2 atom stereocenters. The molecule has 0 bridgehead atoms. The topological polar surface area (TPSA) is 68.2 Å². The Bertz CT molecular complexity index is 154. The zero-order valence-electron chi connectivity index (χ0n) is 11.3. The van der Waals surface area contributed by atoms with Crippen molar-refractivity contribution < 1.29 is 24.4 Å². The minimum absolute atomic E-state index is 0.0923. The van der Waals surface area contributed by atoms with Gasteiger partial charge in [0.1, 0.15) is 12.2 Å². The number of aliphatic hydroxyl groups excluding tert-OH is 2. The second-order valence-electron chi connectivity index (χ2n) is 4.61. The van der Waals surface area contributed by atoms with Crippen molar-refractivity contribution in [3.05, 3.63) is 0 Å². The standard InChI is InChI=1S/C12H26O5/c1-9(2)16-7-11(13)5-15-6-12(14)8-17-10(3)4/h9-14H,5-8H2,1-4H3. The molecule has 0 spiro atoms. The van der Waals surface area contributed by atoms with E-state index in [0.29, 0.717) is 0 Å². The number of hydrogen-bond acceptors (Lipinski definition) is 5. The first-order valence-electron chi connectivity index (χ1n) is 6.08. The monoisotopic (exact) mass is 250 g/mol. The summed E-state index contributed by atoms with van der Waals surface area (Å²) >= 11 is 0. The molecule has 0 heterocycles. The highest BCUT2D eigenvalue weighted by Crippen LogP contribution is 1.96. The van der Waals surface area contributed by atoms with Crippen LogP contribution in [0.5, 0.6) is 0 Å². The molecule has 0 aliphatic carbocycles. The summed E-state index contributed by atoms with van der Waals surface area (Å²) in [6.45, 7) is 8.42. The number of aliphatic hydroxyl groups is 2. The van der Waals surface area contributed by atoms with Gasteiger partial charge in [0.25, 0.3) is 0 Å². The molecule has 5 nitrogen and oxygen atoms in total. The molecule has 5 heteroatoms. The van der Waals surface area contributed by atoms with Crippen LogP contribution in [0.2, 0.25) is 0 Å². The van der Waals surface area contributed by atoms with Gasteiger partial charge in [0.2, 0.25) is 0 Å². The fourth-order valence-corrected chi connectivity index (χ4v) is 1.04. The van der Waals surface area contributed by atoms with Crippen LogP contribution in [0.3, 0.4) is 0 Å². The van der Waals surface area contributed by atoms with E-state index in [4.69, 9.17) is 14.2 Å². The quantitative estimate of drug-likeness (QED) is 0.593. The minimum atomic E-state index is -0.657. The molecule has 0 radical (unpaired) electrons. The molecule has 0 amide bonds. The lowest BCUT2D eigenvalue weighted by Gasteiger charge is -2.16. The van der Waals surface area contributed by atoms with E-state index in [9.17, 15) is 10.2 Å². The van der Waals surface area contributed by atoms with Crippen molar-refractivity contribution in [1.82, 2.24) is 0 Å². The Kier molecular flexibility index (Phi) is 9.68. The van der Waals surface area contributed by atoms with Crippen LogP contribution < -0.4 is 0 Å². The van der Waals surface area contributed by atoms with Gasteiger partial charge in [-0.25, -0.2) is 0 Å². The van der Waals surface area contributed by atoms with E-state index >= 15 is 0 Å². The number of hydrogen-bond donors (Lipinski definition) is 2. The molecule has 0 aromatic rings. The van der Waals surface area contributed by atoms with Gasteiger partial charge in [0.05, 0.1) is 38.6 Å². The predicted octanol–water partition coefficient (Wildman–Crippen LogP) is 0.575. The molecule has 0 fully saturated rings. The van der Waals surface area contributed by atoms with E-state index in [1.165, 1.54) is 0 Å². The van der Waals surface area contributed by atoms with Crippen LogP contribution in [0.1, 0.15) is 27.7 Å². The molecule has 2 N–H and O–H groups in total. The third-order valence-corrected chi connectivity index (χ3v) is 1.86. The van der Waals surface area contributed by atoms with Crippen LogP contribution in [0.25, 0.3) is 0 Å². The van der Waals surface area contributed by atoms with Crippen LogP contribution in [0.15, 0.2) is 0 Å². The molecule has 0 saturated heterocycles. The molecule has 0 rings (SSSR count). The van der Waals surface area contributed by atoms with Gasteiger partial charge in [0.15, 0.2) is 0 Å². The molecule has 0 aromatic carbocycles. The summed E-state index contributed by atoms with van der Waals surface area (Å²) in [6.07, 6.45) is -1.13. The van der Waals surface area contributed by atoms with E-state index < -0.39 is 12.2 Å². The summed E-state index contributed by atoms with van der Waals surface area (Å²) < 4.78 is 15.6. The first-order chi connectivity index (χ1) is 7.91.